The summed E-state index contributed by atoms with van der Waals surface area (Å²) in [5, 5.41) is 3.39. The Bertz CT molecular complexity index is 236. The van der Waals surface area contributed by atoms with Crippen LogP contribution < -0.4 is 5.32 Å². The number of H-pyrrole nitrogens is 1. The van der Waals surface area contributed by atoms with E-state index in [2.05, 4.69) is 15.3 Å². The zero-order chi connectivity index (χ0) is 9.68. The third-order valence-electron chi connectivity index (χ3n) is 2.11. The highest BCUT2D eigenvalue weighted by Gasteiger charge is 2.17. The Kier molecular flexibility index (Phi) is 3.96. The highest BCUT2D eigenvalue weighted by atomic mass is 15.0. The van der Waals surface area contributed by atoms with Crippen LogP contribution in [0.5, 0.6) is 0 Å². The second kappa shape index (κ2) is 5.02. The highest BCUT2D eigenvalue weighted by molar-refractivity contribution is 5.04. The van der Waals surface area contributed by atoms with Crippen molar-refractivity contribution in [3.05, 3.63) is 17.7 Å². The number of nitrogens with zero attached hydrogens (tertiary/aromatic N) is 1. The van der Waals surface area contributed by atoms with Crippen LogP contribution in [0, 0.1) is 6.92 Å². The molecule has 0 amide bonds. The van der Waals surface area contributed by atoms with Crippen LogP contribution in [0.4, 0.5) is 0 Å². The molecule has 2 heterocycles. The van der Waals surface area contributed by atoms with Crippen molar-refractivity contribution in [2.45, 2.75) is 39.7 Å². The number of nitrogens with one attached hydrogen (secondary N) is 2. The van der Waals surface area contributed by atoms with Gasteiger partial charge in [-0.3, -0.25) is 0 Å². The molecule has 74 valence electrons. The maximum Gasteiger partial charge on any atom is 0.123 e. The summed E-state index contributed by atoms with van der Waals surface area (Å²) in [6, 6.07) is 0.476. The molecule has 1 aromatic heterocycles. The SMILES string of the molecule is CC.Cc1cnc([C@@H]2CCCN2)[nH]1. The van der Waals surface area contributed by atoms with Crippen LogP contribution in [0.2, 0.25) is 0 Å². The van der Waals surface area contributed by atoms with E-state index < -0.39 is 0 Å². The summed E-state index contributed by atoms with van der Waals surface area (Å²) >= 11 is 0. The molecule has 0 saturated carbocycles. The molecule has 2 N–H and O–H groups in total. The Hall–Kier alpha value is -0.830. The van der Waals surface area contributed by atoms with Crippen LogP contribution in [0.15, 0.2) is 6.20 Å². The maximum atomic E-state index is 4.28. The van der Waals surface area contributed by atoms with Gasteiger partial charge in [0.25, 0.3) is 0 Å². The fourth-order valence-corrected chi connectivity index (χ4v) is 1.53. The molecule has 0 bridgehead atoms. The van der Waals surface area contributed by atoms with Crippen LogP contribution in [0.3, 0.4) is 0 Å². The normalized spacial score (nSPS) is 21.0. The largest absolute Gasteiger partial charge is 0.345 e. The van der Waals surface area contributed by atoms with Crippen molar-refractivity contribution in [3.63, 3.8) is 0 Å². The zero-order valence-corrected chi connectivity index (χ0v) is 8.72. The van der Waals surface area contributed by atoms with Crippen LogP contribution in [-0.2, 0) is 0 Å². The van der Waals surface area contributed by atoms with Gasteiger partial charge < -0.3 is 10.3 Å². The molecule has 0 aromatic carbocycles. The molecule has 2 rings (SSSR count). The van der Waals surface area contributed by atoms with Crippen LogP contribution in [0.1, 0.15) is 44.2 Å². The second-order valence-corrected chi connectivity index (χ2v) is 3.10. The first-order valence-electron chi connectivity index (χ1n) is 5.11. The highest BCUT2D eigenvalue weighted by Crippen LogP contribution is 2.19. The summed E-state index contributed by atoms with van der Waals surface area (Å²) in [7, 11) is 0. The Morgan fingerprint density at radius 1 is 1.46 bits per heavy atom. The van der Waals surface area contributed by atoms with Gasteiger partial charge in [0.15, 0.2) is 0 Å². The lowest BCUT2D eigenvalue weighted by molar-refractivity contribution is 0.612. The Balaban J connectivity index is 0.000000396. The molecule has 1 aliphatic heterocycles. The van der Waals surface area contributed by atoms with Crippen molar-refractivity contribution < 1.29 is 0 Å². The van der Waals surface area contributed by atoms with Crippen molar-refractivity contribution >= 4 is 0 Å². The molecule has 1 saturated heterocycles. The molecule has 0 aliphatic carbocycles. The lowest BCUT2D eigenvalue weighted by Crippen LogP contribution is -2.14. The Morgan fingerprint density at radius 2 is 2.23 bits per heavy atom. The fourth-order valence-electron chi connectivity index (χ4n) is 1.53. The van der Waals surface area contributed by atoms with E-state index in [9.17, 15) is 0 Å². The van der Waals surface area contributed by atoms with E-state index in [0.717, 1.165) is 18.1 Å². The number of aryl methyl sites for hydroxylation is 1. The minimum absolute atomic E-state index is 0.476. The molecular formula is C10H19N3. The van der Waals surface area contributed by atoms with Crippen LogP contribution in [0.25, 0.3) is 0 Å². The average Bonchev–Trinajstić information content (AvgIpc) is 2.77. The first-order chi connectivity index (χ1) is 6.36. The molecule has 3 nitrogen and oxygen atoms in total. The van der Waals surface area contributed by atoms with E-state index in [0.29, 0.717) is 6.04 Å². The second-order valence-electron chi connectivity index (χ2n) is 3.10. The van der Waals surface area contributed by atoms with Gasteiger partial charge in [0.1, 0.15) is 5.82 Å². The van der Waals surface area contributed by atoms with Gasteiger partial charge in [-0.2, -0.15) is 0 Å². The lowest BCUT2D eigenvalue weighted by Gasteiger charge is -2.04. The maximum absolute atomic E-state index is 4.28. The molecule has 0 radical (unpaired) electrons. The molecule has 1 atom stereocenters. The monoisotopic (exact) mass is 181 g/mol. The molecule has 1 fully saturated rings. The molecule has 1 aliphatic rings. The molecule has 1 aromatic rings. The summed E-state index contributed by atoms with van der Waals surface area (Å²) in [6.45, 7) is 7.16. The minimum Gasteiger partial charge on any atom is -0.345 e. The van der Waals surface area contributed by atoms with Crippen molar-refractivity contribution in [2.24, 2.45) is 0 Å². The topological polar surface area (TPSA) is 40.7 Å². The molecule has 0 unspecified atom stereocenters. The van der Waals surface area contributed by atoms with Gasteiger partial charge >= 0.3 is 0 Å². The van der Waals surface area contributed by atoms with Crippen molar-refractivity contribution in [1.82, 2.24) is 15.3 Å². The van der Waals surface area contributed by atoms with Gasteiger partial charge in [-0.1, -0.05) is 13.8 Å². The smallest absolute Gasteiger partial charge is 0.123 e. The number of hydrogen-bond acceptors (Lipinski definition) is 2. The summed E-state index contributed by atoms with van der Waals surface area (Å²) in [5.41, 5.74) is 1.15. The molecule has 0 spiro atoms. The number of aromatic nitrogens is 2. The third-order valence-corrected chi connectivity index (χ3v) is 2.11. The predicted molar refractivity (Wildman–Crippen MR) is 54.7 cm³/mol. The summed E-state index contributed by atoms with van der Waals surface area (Å²) in [6.07, 6.45) is 4.37. The first kappa shape index (κ1) is 10.3. The van der Waals surface area contributed by atoms with Crippen molar-refractivity contribution in [3.8, 4) is 0 Å². The number of hydrogen-bond donors (Lipinski definition) is 2. The number of rotatable bonds is 1. The standard InChI is InChI=1S/C8H13N3.C2H6/c1-6-5-10-8(11-6)7-3-2-4-9-7;1-2/h5,7,9H,2-4H2,1H3,(H,10,11);1-2H3/t7-;/m0./s1. The molecule has 3 heteroatoms. The van der Waals surface area contributed by atoms with Gasteiger partial charge in [0.05, 0.1) is 6.04 Å². The quantitative estimate of drug-likeness (QED) is 0.697. The van der Waals surface area contributed by atoms with Crippen molar-refractivity contribution in [2.75, 3.05) is 6.54 Å². The van der Waals surface area contributed by atoms with E-state index >= 15 is 0 Å². The Labute approximate surface area is 80.0 Å². The van der Waals surface area contributed by atoms with Crippen LogP contribution >= 0.6 is 0 Å². The lowest BCUT2D eigenvalue weighted by atomic mass is 10.2. The summed E-state index contributed by atoms with van der Waals surface area (Å²) in [4.78, 5) is 7.52. The molecule has 13 heavy (non-hydrogen) atoms. The average molecular weight is 181 g/mol. The molecular weight excluding hydrogens is 162 g/mol. The van der Waals surface area contributed by atoms with E-state index in [1.807, 2.05) is 27.0 Å². The van der Waals surface area contributed by atoms with Crippen LogP contribution in [-0.4, -0.2) is 16.5 Å². The zero-order valence-electron chi connectivity index (χ0n) is 8.72. The fraction of sp³-hybridized carbons (Fsp3) is 0.700. The van der Waals surface area contributed by atoms with Gasteiger partial charge in [0, 0.05) is 11.9 Å². The van der Waals surface area contributed by atoms with E-state index in [1.54, 1.807) is 0 Å². The third kappa shape index (κ3) is 2.56. The minimum atomic E-state index is 0.476. The summed E-state index contributed by atoms with van der Waals surface area (Å²) < 4.78 is 0. The van der Waals surface area contributed by atoms with Gasteiger partial charge in [-0.25, -0.2) is 4.98 Å². The number of aromatic amines is 1. The van der Waals surface area contributed by atoms with E-state index in [-0.39, 0.29) is 0 Å². The summed E-state index contributed by atoms with van der Waals surface area (Å²) in [5.74, 6) is 1.10. The first-order valence-corrected chi connectivity index (χ1v) is 5.11. The van der Waals surface area contributed by atoms with Crippen molar-refractivity contribution in [1.29, 1.82) is 0 Å². The number of imidazole rings is 1. The van der Waals surface area contributed by atoms with Gasteiger partial charge in [-0.05, 0) is 26.3 Å². The van der Waals surface area contributed by atoms with E-state index in [4.69, 9.17) is 0 Å². The van der Waals surface area contributed by atoms with E-state index in [1.165, 1.54) is 12.8 Å². The van der Waals surface area contributed by atoms with Gasteiger partial charge in [-0.15, -0.1) is 0 Å². The predicted octanol–water partition coefficient (Wildman–Crippen LogP) is 2.17. The van der Waals surface area contributed by atoms with Gasteiger partial charge in [0.2, 0.25) is 0 Å². The Morgan fingerprint density at radius 3 is 2.69 bits per heavy atom.